The molecule has 124 valence electrons. The van der Waals surface area contributed by atoms with Crippen LogP contribution in [0.5, 0.6) is 0 Å². The molecule has 2 rings (SSSR count). The number of hydrogen-bond acceptors (Lipinski definition) is 5. The van der Waals surface area contributed by atoms with Gasteiger partial charge in [0, 0.05) is 6.54 Å². The van der Waals surface area contributed by atoms with Gasteiger partial charge in [0.15, 0.2) is 0 Å². The summed E-state index contributed by atoms with van der Waals surface area (Å²) >= 11 is 0. The number of carbonyl (C=O) groups is 1. The van der Waals surface area contributed by atoms with Gasteiger partial charge in [0.25, 0.3) is 0 Å². The molecule has 0 bridgehead atoms. The average molecular weight is 329 g/mol. The molecule has 1 amide bonds. The Morgan fingerprint density at radius 2 is 1.91 bits per heavy atom. The number of nitrogens with one attached hydrogen (secondary N) is 1. The number of rotatable bonds is 7. The molecular weight excluding hydrogens is 315 g/mol. The predicted molar refractivity (Wildman–Crippen MR) is 71.8 cm³/mol. The molecule has 0 unspecified atom stereocenters. The van der Waals surface area contributed by atoms with Gasteiger partial charge in [-0.25, -0.2) is 4.68 Å². The molecule has 2 aromatic rings. The maximum atomic E-state index is 12.0. The SMILES string of the molecule is O=C(Cn1cnnn1)NCc1ccc(COCC(F)(F)F)cc1. The van der Waals surface area contributed by atoms with E-state index in [1.807, 2.05) is 0 Å². The predicted octanol–water partition coefficient (Wildman–Crippen LogP) is 1.07. The zero-order chi connectivity index (χ0) is 16.7. The Morgan fingerprint density at radius 1 is 1.22 bits per heavy atom. The van der Waals surface area contributed by atoms with E-state index in [2.05, 4.69) is 25.6 Å². The highest BCUT2D eigenvalue weighted by Crippen LogP contribution is 2.15. The van der Waals surface area contributed by atoms with Gasteiger partial charge in [-0.15, -0.1) is 5.10 Å². The molecule has 0 radical (unpaired) electrons. The first-order valence-electron chi connectivity index (χ1n) is 6.62. The first kappa shape index (κ1) is 16.9. The Bertz CT molecular complexity index is 614. The van der Waals surface area contributed by atoms with Gasteiger partial charge >= 0.3 is 6.18 Å². The zero-order valence-electron chi connectivity index (χ0n) is 12.0. The summed E-state index contributed by atoms with van der Waals surface area (Å²) in [5.41, 5.74) is 1.44. The second-order valence-corrected chi connectivity index (χ2v) is 4.71. The molecule has 7 nitrogen and oxygen atoms in total. The van der Waals surface area contributed by atoms with E-state index < -0.39 is 12.8 Å². The highest BCUT2D eigenvalue weighted by atomic mass is 19.4. The van der Waals surface area contributed by atoms with Crippen molar-refractivity contribution in [3.8, 4) is 0 Å². The summed E-state index contributed by atoms with van der Waals surface area (Å²) < 4.78 is 41.7. The smallest absolute Gasteiger partial charge is 0.367 e. The number of alkyl halides is 3. The summed E-state index contributed by atoms with van der Waals surface area (Å²) in [5, 5.41) is 13.1. The van der Waals surface area contributed by atoms with Gasteiger partial charge < -0.3 is 10.1 Å². The molecule has 1 N–H and O–H groups in total. The molecule has 0 spiro atoms. The Hall–Kier alpha value is -2.49. The molecule has 1 heterocycles. The van der Waals surface area contributed by atoms with E-state index in [-0.39, 0.29) is 19.1 Å². The normalized spacial score (nSPS) is 11.4. The van der Waals surface area contributed by atoms with Crippen LogP contribution in [0.2, 0.25) is 0 Å². The molecule has 23 heavy (non-hydrogen) atoms. The van der Waals surface area contributed by atoms with Gasteiger partial charge in [-0.2, -0.15) is 13.2 Å². The van der Waals surface area contributed by atoms with Crippen molar-refractivity contribution < 1.29 is 22.7 Å². The molecule has 0 fully saturated rings. The van der Waals surface area contributed by atoms with Crippen LogP contribution in [-0.4, -0.2) is 38.9 Å². The maximum Gasteiger partial charge on any atom is 0.411 e. The monoisotopic (exact) mass is 329 g/mol. The lowest BCUT2D eigenvalue weighted by Gasteiger charge is -2.09. The van der Waals surface area contributed by atoms with Crippen molar-refractivity contribution in [3.63, 3.8) is 0 Å². The number of carbonyl (C=O) groups excluding carboxylic acids is 1. The lowest BCUT2D eigenvalue weighted by Crippen LogP contribution is -2.27. The number of ether oxygens (including phenoxy) is 1. The largest absolute Gasteiger partial charge is 0.411 e. The first-order valence-corrected chi connectivity index (χ1v) is 6.62. The Morgan fingerprint density at radius 3 is 2.52 bits per heavy atom. The highest BCUT2D eigenvalue weighted by molar-refractivity contribution is 5.75. The van der Waals surface area contributed by atoms with Crippen molar-refractivity contribution in [1.82, 2.24) is 25.5 Å². The molecule has 1 aromatic heterocycles. The summed E-state index contributed by atoms with van der Waals surface area (Å²) in [5.74, 6) is -0.255. The van der Waals surface area contributed by atoms with E-state index in [0.717, 1.165) is 5.56 Å². The Labute approximate surface area is 129 Å². The number of aromatic nitrogens is 4. The lowest BCUT2D eigenvalue weighted by atomic mass is 10.1. The Kier molecular flexibility index (Phi) is 5.63. The van der Waals surface area contributed by atoms with E-state index in [9.17, 15) is 18.0 Å². The van der Waals surface area contributed by atoms with Gasteiger partial charge in [-0.05, 0) is 21.6 Å². The average Bonchev–Trinajstić information content (AvgIpc) is 2.98. The summed E-state index contributed by atoms with van der Waals surface area (Å²) in [7, 11) is 0. The quantitative estimate of drug-likeness (QED) is 0.822. The number of halogens is 3. The van der Waals surface area contributed by atoms with E-state index in [4.69, 9.17) is 0 Å². The summed E-state index contributed by atoms with van der Waals surface area (Å²) in [6.45, 7) is -1.09. The minimum absolute atomic E-state index is 0.0103. The standard InChI is InChI=1S/C13H14F3N5O2/c14-13(15,16)8-23-7-11-3-1-10(2-4-11)5-17-12(22)6-21-9-18-19-20-21/h1-4,9H,5-8H2,(H,17,22). The van der Waals surface area contributed by atoms with Crippen molar-refractivity contribution in [2.45, 2.75) is 25.9 Å². The van der Waals surface area contributed by atoms with Gasteiger partial charge in [0.1, 0.15) is 19.5 Å². The van der Waals surface area contributed by atoms with E-state index in [1.54, 1.807) is 24.3 Å². The molecule has 0 saturated heterocycles. The molecule has 0 aliphatic rings. The first-order chi connectivity index (χ1) is 10.9. The second kappa shape index (κ2) is 7.68. The second-order valence-electron chi connectivity index (χ2n) is 4.71. The minimum Gasteiger partial charge on any atom is -0.367 e. The van der Waals surface area contributed by atoms with Crippen molar-refractivity contribution in [2.24, 2.45) is 0 Å². The van der Waals surface area contributed by atoms with Crippen molar-refractivity contribution in [2.75, 3.05) is 6.61 Å². The summed E-state index contributed by atoms with van der Waals surface area (Å²) in [6.07, 6.45) is -3.00. The number of benzene rings is 1. The third-order valence-electron chi connectivity index (χ3n) is 2.74. The topological polar surface area (TPSA) is 81.9 Å². The molecular formula is C13H14F3N5O2. The molecule has 1 aromatic carbocycles. The number of nitrogens with zero attached hydrogens (tertiary/aromatic N) is 4. The third-order valence-corrected chi connectivity index (χ3v) is 2.74. The van der Waals surface area contributed by atoms with Crippen LogP contribution in [0.3, 0.4) is 0 Å². The van der Waals surface area contributed by atoms with E-state index >= 15 is 0 Å². The number of amides is 1. The van der Waals surface area contributed by atoms with Gasteiger partial charge in [-0.3, -0.25) is 4.79 Å². The molecule has 0 aliphatic heterocycles. The van der Waals surface area contributed by atoms with Crippen LogP contribution in [-0.2, 0) is 29.2 Å². The van der Waals surface area contributed by atoms with Crippen molar-refractivity contribution in [3.05, 3.63) is 41.7 Å². The van der Waals surface area contributed by atoms with Crippen molar-refractivity contribution >= 4 is 5.91 Å². The van der Waals surface area contributed by atoms with Gasteiger partial charge in [0.05, 0.1) is 6.61 Å². The lowest BCUT2D eigenvalue weighted by molar-refractivity contribution is -0.176. The van der Waals surface area contributed by atoms with Crippen LogP contribution in [0.25, 0.3) is 0 Å². The summed E-state index contributed by atoms with van der Waals surface area (Å²) in [4.78, 5) is 11.6. The van der Waals surface area contributed by atoms with Crippen LogP contribution in [0.1, 0.15) is 11.1 Å². The fourth-order valence-electron chi connectivity index (χ4n) is 1.69. The summed E-state index contributed by atoms with van der Waals surface area (Å²) in [6, 6.07) is 6.73. The Balaban J connectivity index is 1.73. The highest BCUT2D eigenvalue weighted by Gasteiger charge is 2.27. The zero-order valence-corrected chi connectivity index (χ0v) is 12.0. The van der Waals surface area contributed by atoms with Crippen LogP contribution in [0.15, 0.2) is 30.6 Å². The van der Waals surface area contributed by atoms with E-state index in [0.29, 0.717) is 12.1 Å². The van der Waals surface area contributed by atoms with Crippen molar-refractivity contribution in [1.29, 1.82) is 0 Å². The molecule has 10 heteroatoms. The fraction of sp³-hybridized carbons (Fsp3) is 0.385. The van der Waals surface area contributed by atoms with Crippen LogP contribution < -0.4 is 5.32 Å². The fourth-order valence-corrected chi connectivity index (χ4v) is 1.69. The molecule has 0 saturated carbocycles. The van der Waals surface area contributed by atoms with E-state index in [1.165, 1.54) is 11.0 Å². The maximum absolute atomic E-state index is 12.0. The number of hydrogen-bond donors (Lipinski definition) is 1. The molecule has 0 atom stereocenters. The van der Waals surface area contributed by atoms with Gasteiger partial charge in [0.2, 0.25) is 5.91 Å². The van der Waals surface area contributed by atoms with Crippen LogP contribution in [0, 0.1) is 0 Å². The minimum atomic E-state index is -4.33. The molecule has 0 aliphatic carbocycles. The third kappa shape index (κ3) is 6.43. The van der Waals surface area contributed by atoms with Crippen LogP contribution in [0.4, 0.5) is 13.2 Å². The van der Waals surface area contributed by atoms with Gasteiger partial charge in [-0.1, -0.05) is 24.3 Å². The van der Waals surface area contributed by atoms with Crippen LogP contribution >= 0.6 is 0 Å². The number of tetrazole rings is 1.